The maximum Gasteiger partial charge on any atom is 0.193 e. The van der Waals surface area contributed by atoms with Crippen LogP contribution in [0.1, 0.15) is 40.9 Å². The van der Waals surface area contributed by atoms with Crippen molar-refractivity contribution in [2.24, 2.45) is 0 Å². The molecule has 0 amide bonds. The van der Waals surface area contributed by atoms with E-state index in [1.54, 1.807) is 6.07 Å². The molecular formula is C25H19FO7. The summed E-state index contributed by atoms with van der Waals surface area (Å²) in [6, 6.07) is 5.51. The maximum atomic E-state index is 13.4. The number of carbonyl (C=O) groups excluding carboxylic acids is 3. The standard InChI is InChI=1S/C25H19FO7/c1-11-21(30)19(15(28)8-7-13-5-4-6-14(26)9-13)23-20(22(11)31)25(3)17(33-23)10-16(29)18(12(2)27)24(25)32/h4-10,29-31H,1-3H3/b8-7+/t25-/m1/s1. The molecule has 4 rings (SSSR count). The van der Waals surface area contributed by atoms with Gasteiger partial charge in [0.15, 0.2) is 17.3 Å². The summed E-state index contributed by atoms with van der Waals surface area (Å²) < 4.78 is 19.2. The van der Waals surface area contributed by atoms with Gasteiger partial charge in [-0.25, -0.2) is 4.39 Å². The van der Waals surface area contributed by atoms with Crippen molar-refractivity contribution < 1.29 is 38.8 Å². The first-order valence-electron chi connectivity index (χ1n) is 9.94. The summed E-state index contributed by atoms with van der Waals surface area (Å²) in [7, 11) is 0. The summed E-state index contributed by atoms with van der Waals surface area (Å²) in [6.45, 7) is 3.88. The van der Waals surface area contributed by atoms with E-state index in [0.717, 1.165) is 19.1 Å². The second kappa shape index (κ2) is 7.44. The van der Waals surface area contributed by atoms with Gasteiger partial charge in [0, 0.05) is 11.6 Å². The lowest BCUT2D eigenvalue weighted by molar-refractivity contribution is -0.123. The van der Waals surface area contributed by atoms with Crippen molar-refractivity contribution >= 4 is 23.4 Å². The van der Waals surface area contributed by atoms with Crippen LogP contribution >= 0.6 is 0 Å². The number of phenolic OH excluding ortho intramolecular Hbond substituents is 2. The van der Waals surface area contributed by atoms with E-state index in [9.17, 15) is 34.1 Å². The Bertz CT molecular complexity index is 1360. The number of rotatable bonds is 4. The third-order valence-corrected chi connectivity index (χ3v) is 5.92. The van der Waals surface area contributed by atoms with E-state index in [1.807, 2.05) is 0 Å². The minimum absolute atomic E-state index is 0.0710. The summed E-state index contributed by atoms with van der Waals surface area (Å²) >= 11 is 0. The minimum atomic E-state index is -1.70. The van der Waals surface area contributed by atoms with Gasteiger partial charge in [0.25, 0.3) is 0 Å². The zero-order valence-corrected chi connectivity index (χ0v) is 17.9. The highest BCUT2D eigenvalue weighted by Gasteiger charge is 2.55. The predicted molar refractivity (Wildman–Crippen MR) is 116 cm³/mol. The lowest BCUT2D eigenvalue weighted by Gasteiger charge is -2.28. The Morgan fingerprint density at radius 3 is 2.48 bits per heavy atom. The molecule has 0 fully saturated rings. The summed E-state index contributed by atoms with van der Waals surface area (Å²) in [5.41, 5.74) is -2.24. The number of ketones is 3. The van der Waals surface area contributed by atoms with E-state index in [1.165, 1.54) is 38.1 Å². The average molecular weight is 450 g/mol. The van der Waals surface area contributed by atoms with Gasteiger partial charge in [-0.2, -0.15) is 0 Å². The first-order valence-corrected chi connectivity index (χ1v) is 9.94. The third kappa shape index (κ3) is 3.14. The minimum Gasteiger partial charge on any atom is -0.507 e. The number of phenols is 2. The monoisotopic (exact) mass is 450 g/mol. The second-order valence-electron chi connectivity index (χ2n) is 8.04. The molecule has 1 aliphatic carbocycles. The normalized spacial score (nSPS) is 19.3. The van der Waals surface area contributed by atoms with Crippen LogP contribution in [0.25, 0.3) is 6.08 Å². The number of ether oxygens (including phenoxy) is 1. The van der Waals surface area contributed by atoms with Gasteiger partial charge in [0.05, 0.1) is 5.56 Å². The number of fused-ring (bicyclic) bond motifs is 3. The number of halogens is 1. The predicted octanol–water partition coefficient (Wildman–Crippen LogP) is 3.96. The molecule has 2 aliphatic rings. The number of carbonyl (C=O) groups is 3. The largest absolute Gasteiger partial charge is 0.507 e. The Morgan fingerprint density at radius 2 is 1.85 bits per heavy atom. The molecule has 0 bridgehead atoms. The molecule has 0 unspecified atom stereocenters. The number of hydrogen-bond acceptors (Lipinski definition) is 7. The number of aromatic hydroxyl groups is 2. The van der Waals surface area contributed by atoms with Crippen LogP contribution < -0.4 is 4.74 Å². The van der Waals surface area contributed by atoms with Gasteiger partial charge in [0.2, 0.25) is 0 Å². The number of hydrogen-bond donors (Lipinski definition) is 3. The lowest BCUT2D eigenvalue weighted by atomic mass is 9.71. The van der Waals surface area contributed by atoms with Crippen LogP contribution in [0.15, 0.2) is 53.5 Å². The summed E-state index contributed by atoms with van der Waals surface area (Å²) in [4.78, 5) is 38.3. The fourth-order valence-electron chi connectivity index (χ4n) is 4.12. The maximum absolute atomic E-state index is 13.4. The lowest BCUT2D eigenvalue weighted by Crippen LogP contribution is -2.38. The highest BCUT2D eigenvalue weighted by Crippen LogP contribution is 2.57. The van der Waals surface area contributed by atoms with Crippen molar-refractivity contribution in [2.75, 3.05) is 0 Å². The van der Waals surface area contributed by atoms with E-state index in [2.05, 4.69) is 0 Å². The number of Topliss-reactive ketones (excluding diaryl/α,β-unsaturated/α-hetero) is 2. The molecule has 7 nitrogen and oxygen atoms in total. The van der Waals surface area contributed by atoms with Gasteiger partial charge in [-0.05, 0) is 44.5 Å². The summed E-state index contributed by atoms with van der Waals surface area (Å²) in [6.07, 6.45) is 3.52. The number of benzene rings is 2. The van der Waals surface area contributed by atoms with Crippen LogP contribution in [-0.4, -0.2) is 32.7 Å². The van der Waals surface area contributed by atoms with Gasteiger partial charge in [0.1, 0.15) is 51.1 Å². The quantitative estimate of drug-likeness (QED) is 0.366. The third-order valence-electron chi connectivity index (χ3n) is 5.92. The van der Waals surface area contributed by atoms with E-state index in [0.29, 0.717) is 5.56 Å². The molecule has 1 atom stereocenters. The highest BCUT2D eigenvalue weighted by atomic mass is 19.1. The molecule has 168 valence electrons. The molecule has 0 radical (unpaired) electrons. The first-order chi connectivity index (χ1) is 15.5. The SMILES string of the molecule is CC(=O)C1=C(O)C=C2Oc3c(C(=O)/C=C/c4cccc(F)c4)c(O)c(C)c(O)c3[C@]2(C)C1=O. The van der Waals surface area contributed by atoms with E-state index < -0.39 is 51.4 Å². The van der Waals surface area contributed by atoms with Crippen LogP contribution in [0.5, 0.6) is 17.2 Å². The first kappa shape index (κ1) is 22.0. The summed E-state index contributed by atoms with van der Waals surface area (Å²) in [5.74, 6) is -4.69. The van der Waals surface area contributed by atoms with Crippen LogP contribution in [0.4, 0.5) is 4.39 Å². The molecule has 3 N–H and O–H groups in total. The Morgan fingerprint density at radius 1 is 1.15 bits per heavy atom. The van der Waals surface area contributed by atoms with Crippen molar-refractivity contribution in [3.05, 3.63) is 81.6 Å². The van der Waals surface area contributed by atoms with Crippen LogP contribution in [0, 0.1) is 12.7 Å². The molecule has 2 aromatic rings. The van der Waals surface area contributed by atoms with Gasteiger partial charge in [-0.3, -0.25) is 14.4 Å². The molecule has 0 spiro atoms. The number of allylic oxidation sites excluding steroid dienone is 4. The molecule has 2 aromatic carbocycles. The summed E-state index contributed by atoms with van der Waals surface area (Å²) in [5, 5.41) is 31.7. The van der Waals surface area contributed by atoms with Gasteiger partial charge >= 0.3 is 0 Å². The van der Waals surface area contributed by atoms with E-state index >= 15 is 0 Å². The van der Waals surface area contributed by atoms with Crippen molar-refractivity contribution in [3.63, 3.8) is 0 Å². The van der Waals surface area contributed by atoms with Crippen molar-refractivity contribution in [1.82, 2.24) is 0 Å². The fourth-order valence-corrected chi connectivity index (χ4v) is 4.12. The average Bonchev–Trinajstić information content (AvgIpc) is 3.04. The fraction of sp³-hybridized carbons (Fsp3) is 0.160. The molecule has 0 aromatic heterocycles. The topological polar surface area (TPSA) is 121 Å². The molecule has 0 saturated carbocycles. The Balaban J connectivity index is 1.90. The molecule has 1 heterocycles. The van der Waals surface area contributed by atoms with Crippen LogP contribution in [0.2, 0.25) is 0 Å². The van der Waals surface area contributed by atoms with Gasteiger partial charge in [-0.15, -0.1) is 0 Å². The van der Waals surface area contributed by atoms with Gasteiger partial charge in [-0.1, -0.05) is 18.2 Å². The Kier molecular flexibility index (Phi) is 4.96. The molecule has 0 saturated heterocycles. The second-order valence-corrected chi connectivity index (χ2v) is 8.04. The Labute approximate surface area is 187 Å². The van der Waals surface area contributed by atoms with Crippen molar-refractivity contribution in [2.45, 2.75) is 26.2 Å². The zero-order valence-electron chi connectivity index (χ0n) is 17.9. The smallest absolute Gasteiger partial charge is 0.193 e. The molecular weight excluding hydrogens is 431 g/mol. The zero-order chi connectivity index (χ0) is 24.2. The van der Waals surface area contributed by atoms with Crippen LogP contribution in [-0.2, 0) is 15.0 Å². The number of aliphatic hydroxyl groups excluding tert-OH is 1. The number of aliphatic hydroxyl groups is 1. The molecule has 1 aliphatic heterocycles. The van der Waals surface area contributed by atoms with E-state index in [-0.39, 0.29) is 28.2 Å². The van der Waals surface area contributed by atoms with Crippen LogP contribution in [0.3, 0.4) is 0 Å². The van der Waals surface area contributed by atoms with E-state index in [4.69, 9.17) is 4.74 Å². The Hall–Kier alpha value is -4.20. The highest BCUT2D eigenvalue weighted by molar-refractivity contribution is 6.26. The van der Waals surface area contributed by atoms with Crippen molar-refractivity contribution in [3.8, 4) is 17.2 Å². The molecule has 33 heavy (non-hydrogen) atoms. The van der Waals surface area contributed by atoms with Crippen molar-refractivity contribution in [1.29, 1.82) is 0 Å². The van der Waals surface area contributed by atoms with Gasteiger partial charge < -0.3 is 20.1 Å². The molecule has 8 heteroatoms.